The molecule has 14 heteroatoms. The van der Waals surface area contributed by atoms with Crippen LogP contribution in [-0.2, 0) is 37.5 Å². The van der Waals surface area contributed by atoms with Crippen molar-refractivity contribution in [2.45, 2.75) is 186 Å². The Bertz CT molecular complexity index is 1220. The van der Waals surface area contributed by atoms with Crippen LogP contribution in [0.25, 0.3) is 0 Å². The third kappa shape index (κ3) is 28.3. The molecule has 336 valence electrons. The van der Waals surface area contributed by atoms with Gasteiger partial charge >= 0.3 is 19.8 Å². The van der Waals surface area contributed by atoms with Crippen LogP contribution in [0, 0.1) is 11.8 Å². The first kappa shape index (κ1) is 53.8. The van der Waals surface area contributed by atoms with Crippen LogP contribution in [0.15, 0.2) is 36.5 Å². The predicted molar refractivity (Wildman–Crippen MR) is 225 cm³/mol. The lowest BCUT2D eigenvalue weighted by molar-refractivity contribution is -0.161. The molecule has 7 atom stereocenters. The lowest BCUT2D eigenvalue weighted by Gasteiger charge is -2.20. The predicted octanol–water partition coefficient (Wildman–Crippen LogP) is 8.15. The van der Waals surface area contributed by atoms with Gasteiger partial charge in [-0.25, -0.2) is 4.57 Å². The summed E-state index contributed by atoms with van der Waals surface area (Å²) in [4.78, 5) is 47.7. The summed E-state index contributed by atoms with van der Waals surface area (Å²) in [6.07, 6.45) is 27.6. The van der Waals surface area contributed by atoms with E-state index >= 15 is 0 Å². The Balaban J connectivity index is 2.48. The van der Waals surface area contributed by atoms with Gasteiger partial charge in [-0.15, -0.1) is 0 Å². The lowest BCUT2D eigenvalue weighted by Crippen LogP contribution is -2.29. The van der Waals surface area contributed by atoms with E-state index in [9.17, 15) is 39.2 Å². The Morgan fingerprint density at radius 3 is 2.00 bits per heavy atom. The van der Waals surface area contributed by atoms with Crippen molar-refractivity contribution < 1.29 is 62.8 Å². The van der Waals surface area contributed by atoms with Gasteiger partial charge in [0.25, 0.3) is 0 Å². The number of hydrogen-bond donors (Lipinski definition) is 5. The molecule has 0 aromatic rings. The number of ketones is 1. The average molecular weight is 845 g/mol. The van der Waals surface area contributed by atoms with Crippen LogP contribution in [0.4, 0.5) is 0 Å². The van der Waals surface area contributed by atoms with Gasteiger partial charge in [-0.1, -0.05) is 121 Å². The number of allylic oxidation sites excluding steroid dienone is 5. The van der Waals surface area contributed by atoms with Crippen molar-refractivity contribution in [3.05, 3.63) is 36.5 Å². The average Bonchev–Trinajstić information content (AvgIpc) is 3.47. The van der Waals surface area contributed by atoms with Crippen molar-refractivity contribution in [1.29, 1.82) is 0 Å². The normalized spacial score (nSPS) is 19.9. The van der Waals surface area contributed by atoms with Crippen LogP contribution < -0.4 is 0 Å². The molecule has 0 aromatic heterocycles. The topological polar surface area (TPSA) is 206 Å². The van der Waals surface area contributed by atoms with Crippen LogP contribution >= 0.6 is 7.82 Å². The zero-order chi connectivity index (χ0) is 42.9. The largest absolute Gasteiger partial charge is 0.472 e. The SMILES string of the molecule is CCCCCC/C=C\CCCCCCCCCC(=O)OC[C@H](COP(=O)(O)OC[C@@H](O)CO)OC(=O)CCC/C=C\C[C@H]1[C@@H](O)CC(=O)[C@@H]1/C=C/[C@@H](O)CCCCC. The molecule has 1 aliphatic carbocycles. The van der Waals surface area contributed by atoms with E-state index in [-0.39, 0.29) is 31.0 Å². The first-order chi connectivity index (χ1) is 27.9. The number of carbonyl (C=O) groups excluding carboxylic acids is 3. The van der Waals surface area contributed by atoms with E-state index in [1.807, 2.05) is 12.2 Å². The molecule has 0 amide bonds. The molecule has 0 aromatic carbocycles. The van der Waals surface area contributed by atoms with Gasteiger partial charge < -0.3 is 34.8 Å². The van der Waals surface area contributed by atoms with Crippen LogP contribution in [0.2, 0.25) is 0 Å². The van der Waals surface area contributed by atoms with Crippen LogP contribution in [0.5, 0.6) is 0 Å². The third-order valence-corrected chi connectivity index (χ3v) is 11.1. The number of Topliss-reactive ketones (excluding diaryl/α,β-unsaturated/α-hetero) is 1. The second-order valence-electron chi connectivity index (χ2n) is 15.5. The minimum atomic E-state index is -4.69. The smallest absolute Gasteiger partial charge is 0.462 e. The van der Waals surface area contributed by atoms with Gasteiger partial charge in [-0.2, -0.15) is 0 Å². The van der Waals surface area contributed by atoms with Gasteiger partial charge in [-0.05, 0) is 57.8 Å². The quantitative estimate of drug-likeness (QED) is 0.0174. The van der Waals surface area contributed by atoms with Crippen molar-refractivity contribution in [3.8, 4) is 0 Å². The summed E-state index contributed by atoms with van der Waals surface area (Å²) in [6.45, 7) is 1.94. The first-order valence-corrected chi connectivity index (χ1v) is 23.5. The Morgan fingerprint density at radius 1 is 0.759 bits per heavy atom. The summed E-state index contributed by atoms with van der Waals surface area (Å²) in [5, 5.41) is 39.1. The third-order valence-electron chi connectivity index (χ3n) is 10.1. The van der Waals surface area contributed by atoms with E-state index in [2.05, 4.69) is 30.5 Å². The molecule has 1 aliphatic rings. The minimum absolute atomic E-state index is 0.00753. The van der Waals surface area contributed by atoms with Crippen LogP contribution in [0.1, 0.15) is 162 Å². The minimum Gasteiger partial charge on any atom is -0.462 e. The lowest BCUT2D eigenvalue weighted by atomic mass is 9.90. The van der Waals surface area contributed by atoms with E-state index < -0.39 is 76.5 Å². The highest BCUT2D eigenvalue weighted by atomic mass is 31.2. The molecule has 5 N–H and O–H groups in total. The number of rotatable bonds is 37. The van der Waals surface area contributed by atoms with Crippen molar-refractivity contribution in [3.63, 3.8) is 0 Å². The van der Waals surface area contributed by atoms with Gasteiger partial charge in [0, 0.05) is 31.1 Å². The first-order valence-electron chi connectivity index (χ1n) is 22.0. The van der Waals surface area contributed by atoms with E-state index in [4.69, 9.17) is 19.1 Å². The highest BCUT2D eigenvalue weighted by Gasteiger charge is 2.39. The zero-order valence-corrected chi connectivity index (χ0v) is 36.4. The standard InChI is InChI=1S/C44H77O13P/c1-3-5-7-8-9-10-11-12-13-14-15-16-17-18-23-27-43(50)54-34-38(35-56-58(52,53)55-33-37(47)32-45)57-44(51)28-24-20-19-22-26-39-40(42(49)31-41(39)48)30-29-36(46)25-21-6-4-2/h10-11,19,22,29-30,36-41,45-48H,3-9,12-18,20-21,23-28,31-35H2,1-2H3,(H,52,53)/b11-10-,22-19-,30-29+/t36-,37-,38+,39+,40+,41-/m0/s1. The molecule has 0 radical (unpaired) electrons. The van der Waals surface area contributed by atoms with Crippen molar-refractivity contribution in [1.82, 2.24) is 0 Å². The number of phosphoric acid groups is 1. The molecule has 0 heterocycles. The van der Waals surface area contributed by atoms with Gasteiger partial charge in [0.05, 0.1) is 32.0 Å². The monoisotopic (exact) mass is 845 g/mol. The molecule has 1 rings (SSSR count). The highest BCUT2D eigenvalue weighted by Crippen LogP contribution is 2.43. The number of unbranched alkanes of at least 4 members (excludes halogenated alkanes) is 14. The molecular formula is C44H77O13P. The number of esters is 2. The van der Waals surface area contributed by atoms with Crippen LogP contribution in [-0.4, -0.2) is 93.9 Å². The number of ether oxygens (including phenoxy) is 2. The second-order valence-corrected chi connectivity index (χ2v) is 17.0. The summed E-state index contributed by atoms with van der Waals surface area (Å²) < 4.78 is 32.7. The molecule has 1 unspecified atom stereocenters. The van der Waals surface area contributed by atoms with Gasteiger partial charge in [0.15, 0.2) is 6.10 Å². The molecule has 1 saturated carbocycles. The number of phosphoric ester groups is 1. The van der Waals surface area contributed by atoms with E-state index in [1.165, 1.54) is 44.9 Å². The molecule has 0 saturated heterocycles. The maximum absolute atomic E-state index is 12.7. The van der Waals surface area contributed by atoms with Crippen LogP contribution in [0.3, 0.4) is 0 Å². The van der Waals surface area contributed by atoms with Gasteiger partial charge in [0.1, 0.15) is 18.5 Å². The number of aliphatic hydroxyl groups excluding tert-OH is 4. The summed E-state index contributed by atoms with van der Waals surface area (Å²) in [6, 6.07) is 0. The fourth-order valence-electron chi connectivity index (χ4n) is 6.62. The highest BCUT2D eigenvalue weighted by molar-refractivity contribution is 7.47. The second kappa shape index (κ2) is 34.5. The molecule has 13 nitrogen and oxygen atoms in total. The Labute approximate surface area is 348 Å². The summed E-state index contributed by atoms with van der Waals surface area (Å²) >= 11 is 0. The van der Waals surface area contributed by atoms with E-state index in [1.54, 1.807) is 12.2 Å². The molecule has 0 bridgehead atoms. The maximum Gasteiger partial charge on any atom is 0.472 e. The Morgan fingerprint density at radius 2 is 1.33 bits per heavy atom. The van der Waals surface area contributed by atoms with Crippen molar-refractivity contribution >= 4 is 25.5 Å². The Kier molecular flexibility index (Phi) is 32.0. The Hall–Kier alpha value is -2.22. The molecule has 0 aliphatic heterocycles. The van der Waals surface area contributed by atoms with Crippen molar-refractivity contribution in [2.24, 2.45) is 11.8 Å². The zero-order valence-electron chi connectivity index (χ0n) is 35.5. The number of hydrogen-bond acceptors (Lipinski definition) is 12. The number of aliphatic hydroxyl groups is 4. The molecule has 58 heavy (non-hydrogen) atoms. The molecular weight excluding hydrogens is 767 g/mol. The van der Waals surface area contributed by atoms with E-state index in [0.29, 0.717) is 32.1 Å². The molecule has 1 fully saturated rings. The fourth-order valence-corrected chi connectivity index (χ4v) is 7.40. The van der Waals surface area contributed by atoms with E-state index in [0.717, 1.165) is 51.4 Å². The fraction of sp³-hybridized carbons (Fsp3) is 0.795. The number of carbonyl (C=O) groups is 3. The summed E-state index contributed by atoms with van der Waals surface area (Å²) in [5.74, 6) is -1.94. The van der Waals surface area contributed by atoms with Gasteiger partial charge in [-0.3, -0.25) is 23.4 Å². The van der Waals surface area contributed by atoms with Gasteiger partial charge in [0.2, 0.25) is 0 Å². The summed E-state index contributed by atoms with van der Waals surface area (Å²) in [5.41, 5.74) is 0. The molecule has 0 spiro atoms. The van der Waals surface area contributed by atoms with Crippen molar-refractivity contribution in [2.75, 3.05) is 26.4 Å². The summed E-state index contributed by atoms with van der Waals surface area (Å²) in [7, 11) is -4.69. The maximum atomic E-state index is 12.7.